The molecule has 0 spiro atoms. The second-order valence-electron chi connectivity index (χ2n) is 7.97. The van der Waals surface area contributed by atoms with Gasteiger partial charge in [0.25, 0.3) is 0 Å². The molecular weight excluding hydrogens is 272 g/mol. The van der Waals surface area contributed by atoms with Crippen LogP contribution in [0.4, 0.5) is 5.69 Å². The second kappa shape index (κ2) is 5.38. The maximum Gasteiger partial charge on any atom is 0.238 e. The van der Waals surface area contributed by atoms with E-state index < -0.39 is 0 Å². The highest BCUT2D eigenvalue weighted by Gasteiger charge is 2.50. The summed E-state index contributed by atoms with van der Waals surface area (Å²) in [5.74, 6) is 2.83. The third-order valence-electron chi connectivity index (χ3n) is 6.00. The fourth-order valence-electron chi connectivity index (χ4n) is 5.44. The Kier molecular flexibility index (Phi) is 3.48. The third kappa shape index (κ3) is 2.79. The number of nitrogens with one attached hydrogen (secondary N) is 2. The van der Waals surface area contributed by atoms with Crippen LogP contribution in [0.15, 0.2) is 24.3 Å². The Balaban J connectivity index is 1.34. The Hall–Kier alpha value is -1.35. The first-order valence-corrected chi connectivity index (χ1v) is 8.72. The van der Waals surface area contributed by atoms with E-state index in [1.165, 1.54) is 44.1 Å². The van der Waals surface area contributed by atoms with Gasteiger partial charge in [0, 0.05) is 11.2 Å². The van der Waals surface area contributed by atoms with Gasteiger partial charge in [0.2, 0.25) is 5.91 Å². The van der Waals surface area contributed by atoms with Crippen molar-refractivity contribution in [2.45, 2.75) is 51.0 Å². The van der Waals surface area contributed by atoms with Crippen LogP contribution >= 0.6 is 0 Å². The summed E-state index contributed by atoms with van der Waals surface area (Å²) >= 11 is 0. The standard InChI is InChI=1S/C19H26N2O/c1-13-2-4-17(5-3-13)21-18(22)12-20-19-9-14-6-15(10-19)8-16(7-14)11-19/h2-5,14-16,20H,6-12H2,1H3,(H,21,22). The molecule has 118 valence electrons. The topological polar surface area (TPSA) is 41.1 Å². The fraction of sp³-hybridized carbons (Fsp3) is 0.632. The summed E-state index contributed by atoms with van der Waals surface area (Å²) in [6.45, 7) is 2.50. The molecule has 2 N–H and O–H groups in total. The highest BCUT2D eigenvalue weighted by atomic mass is 16.1. The van der Waals surface area contributed by atoms with Gasteiger partial charge in [0.15, 0.2) is 0 Å². The summed E-state index contributed by atoms with van der Waals surface area (Å²) in [4.78, 5) is 12.2. The molecule has 4 bridgehead atoms. The summed E-state index contributed by atoms with van der Waals surface area (Å²) in [6.07, 6.45) is 8.19. The number of benzene rings is 1. The van der Waals surface area contributed by atoms with E-state index in [0.29, 0.717) is 6.54 Å². The Bertz CT molecular complexity index is 528. The van der Waals surface area contributed by atoms with Gasteiger partial charge in [-0.15, -0.1) is 0 Å². The molecule has 0 aliphatic heterocycles. The number of anilines is 1. The van der Waals surface area contributed by atoms with Gasteiger partial charge in [-0.25, -0.2) is 0 Å². The summed E-state index contributed by atoms with van der Waals surface area (Å²) in [7, 11) is 0. The van der Waals surface area contributed by atoms with Crippen molar-refractivity contribution in [1.82, 2.24) is 5.32 Å². The molecule has 4 saturated carbocycles. The molecular formula is C19H26N2O. The average Bonchev–Trinajstić information content (AvgIpc) is 2.46. The Labute approximate surface area is 132 Å². The van der Waals surface area contributed by atoms with Crippen LogP contribution in [-0.2, 0) is 4.79 Å². The van der Waals surface area contributed by atoms with Crippen LogP contribution in [0.25, 0.3) is 0 Å². The van der Waals surface area contributed by atoms with Crippen LogP contribution in [0.5, 0.6) is 0 Å². The van der Waals surface area contributed by atoms with E-state index >= 15 is 0 Å². The number of hydrogen-bond donors (Lipinski definition) is 2. The lowest BCUT2D eigenvalue weighted by atomic mass is 9.53. The maximum atomic E-state index is 12.2. The first-order valence-electron chi connectivity index (χ1n) is 8.72. The Morgan fingerprint density at radius 3 is 2.14 bits per heavy atom. The quantitative estimate of drug-likeness (QED) is 0.893. The lowest BCUT2D eigenvalue weighted by Crippen LogP contribution is -2.59. The average molecular weight is 298 g/mol. The molecule has 0 saturated heterocycles. The second-order valence-corrected chi connectivity index (χ2v) is 7.97. The van der Waals surface area contributed by atoms with Crippen LogP contribution in [0.2, 0.25) is 0 Å². The van der Waals surface area contributed by atoms with Gasteiger partial charge in [0.1, 0.15) is 0 Å². The molecule has 1 aromatic carbocycles. The van der Waals surface area contributed by atoms with Crippen LogP contribution in [-0.4, -0.2) is 18.0 Å². The maximum absolute atomic E-state index is 12.2. The van der Waals surface area contributed by atoms with Crippen LogP contribution < -0.4 is 10.6 Å². The van der Waals surface area contributed by atoms with Gasteiger partial charge in [-0.3, -0.25) is 4.79 Å². The highest BCUT2D eigenvalue weighted by Crippen LogP contribution is 2.55. The molecule has 0 heterocycles. The van der Waals surface area contributed by atoms with Crippen molar-refractivity contribution >= 4 is 11.6 Å². The van der Waals surface area contributed by atoms with Gasteiger partial charge in [-0.1, -0.05) is 17.7 Å². The van der Waals surface area contributed by atoms with Gasteiger partial charge in [0.05, 0.1) is 6.54 Å². The Morgan fingerprint density at radius 1 is 1.05 bits per heavy atom. The number of carbonyl (C=O) groups excluding carboxylic acids is 1. The molecule has 0 atom stereocenters. The van der Waals surface area contributed by atoms with Crippen molar-refractivity contribution in [1.29, 1.82) is 0 Å². The molecule has 1 amide bonds. The third-order valence-corrected chi connectivity index (χ3v) is 6.00. The molecule has 0 radical (unpaired) electrons. The number of carbonyl (C=O) groups is 1. The first kappa shape index (κ1) is 14.3. The normalized spacial score (nSPS) is 35.6. The van der Waals surface area contributed by atoms with Crippen molar-refractivity contribution < 1.29 is 4.79 Å². The fourth-order valence-corrected chi connectivity index (χ4v) is 5.44. The molecule has 3 heteroatoms. The van der Waals surface area contributed by atoms with Crippen molar-refractivity contribution in [3.05, 3.63) is 29.8 Å². The summed E-state index contributed by atoms with van der Waals surface area (Å²) in [5, 5.41) is 6.65. The zero-order valence-electron chi connectivity index (χ0n) is 13.4. The van der Waals surface area contributed by atoms with E-state index in [9.17, 15) is 4.79 Å². The minimum absolute atomic E-state index is 0.0830. The molecule has 3 nitrogen and oxygen atoms in total. The molecule has 5 rings (SSSR count). The van der Waals surface area contributed by atoms with E-state index in [2.05, 4.69) is 17.6 Å². The predicted molar refractivity (Wildman–Crippen MR) is 88.7 cm³/mol. The van der Waals surface area contributed by atoms with Gasteiger partial charge in [-0.05, 0) is 75.3 Å². The van der Waals surface area contributed by atoms with Gasteiger partial charge < -0.3 is 10.6 Å². The lowest BCUT2D eigenvalue weighted by Gasteiger charge is -2.57. The van der Waals surface area contributed by atoms with Crippen molar-refractivity contribution in [3.63, 3.8) is 0 Å². The van der Waals surface area contributed by atoms with Crippen LogP contribution in [0.1, 0.15) is 44.1 Å². The molecule has 0 aromatic heterocycles. The minimum atomic E-state index is 0.0830. The molecule has 4 fully saturated rings. The largest absolute Gasteiger partial charge is 0.325 e. The molecule has 4 aliphatic carbocycles. The van der Waals surface area contributed by atoms with E-state index in [1.54, 1.807) is 0 Å². The predicted octanol–water partition coefficient (Wildman–Crippen LogP) is 3.49. The number of hydrogen-bond acceptors (Lipinski definition) is 2. The van der Waals surface area contributed by atoms with Crippen molar-refractivity contribution in [2.75, 3.05) is 11.9 Å². The highest BCUT2D eigenvalue weighted by molar-refractivity contribution is 5.92. The van der Waals surface area contributed by atoms with E-state index in [0.717, 1.165) is 23.4 Å². The molecule has 4 aliphatic rings. The summed E-state index contributed by atoms with van der Waals surface area (Å²) < 4.78 is 0. The van der Waals surface area contributed by atoms with Gasteiger partial charge in [-0.2, -0.15) is 0 Å². The van der Waals surface area contributed by atoms with Gasteiger partial charge >= 0.3 is 0 Å². The van der Waals surface area contributed by atoms with Crippen molar-refractivity contribution in [3.8, 4) is 0 Å². The SMILES string of the molecule is Cc1ccc(NC(=O)CNC23CC4CC(CC(C4)C2)C3)cc1. The number of amides is 1. The van der Waals surface area contributed by atoms with E-state index in [1.807, 2.05) is 24.3 Å². The minimum Gasteiger partial charge on any atom is -0.325 e. The summed E-state index contributed by atoms with van der Waals surface area (Å²) in [5.41, 5.74) is 2.37. The van der Waals surface area contributed by atoms with Crippen LogP contribution in [0, 0.1) is 24.7 Å². The first-order chi connectivity index (χ1) is 10.6. The summed E-state index contributed by atoms with van der Waals surface area (Å²) in [6, 6.07) is 8.00. The van der Waals surface area contributed by atoms with Crippen LogP contribution in [0.3, 0.4) is 0 Å². The monoisotopic (exact) mass is 298 g/mol. The van der Waals surface area contributed by atoms with E-state index in [4.69, 9.17) is 0 Å². The smallest absolute Gasteiger partial charge is 0.238 e. The zero-order valence-corrected chi connectivity index (χ0v) is 13.4. The number of aryl methyl sites for hydroxylation is 1. The number of rotatable bonds is 4. The molecule has 1 aromatic rings. The van der Waals surface area contributed by atoms with Crippen molar-refractivity contribution in [2.24, 2.45) is 17.8 Å². The molecule has 0 unspecified atom stereocenters. The molecule has 22 heavy (non-hydrogen) atoms. The zero-order chi connectivity index (χ0) is 15.2. The lowest BCUT2D eigenvalue weighted by molar-refractivity contribution is -0.116. The Morgan fingerprint density at radius 2 is 1.59 bits per heavy atom. The van der Waals surface area contributed by atoms with E-state index in [-0.39, 0.29) is 11.4 Å².